The number of benzene rings is 3. The van der Waals surface area contributed by atoms with Crippen molar-refractivity contribution in [2.24, 2.45) is 0 Å². The molecule has 2 heterocycles. The average molecular weight is 502 g/mol. The molecule has 36 heavy (non-hydrogen) atoms. The molecule has 6 nitrogen and oxygen atoms in total. The second-order valence-electron chi connectivity index (χ2n) is 9.06. The summed E-state index contributed by atoms with van der Waals surface area (Å²) in [6, 6.07) is 26.1. The number of thioether (sulfide) groups is 1. The minimum Gasteiger partial charge on any atom is -0.495 e. The topological polar surface area (TPSA) is 53.1 Å². The molecule has 3 aromatic rings. The molecule has 2 saturated heterocycles. The van der Waals surface area contributed by atoms with E-state index in [1.54, 1.807) is 18.9 Å². The summed E-state index contributed by atoms with van der Waals surface area (Å²) in [6.45, 7) is 3.55. The molecule has 0 aromatic heterocycles. The van der Waals surface area contributed by atoms with Crippen LogP contribution in [0.1, 0.15) is 26.9 Å². The molecule has 2 fully saturated rings. The monoisotopic (exact) mass is 501 g/mol. The zero-order chi connectivity index (χ0) is 24.9. The second-order valence-corrected chi connectivity index (χ2v) is 10.1. The van der Waals surface area contributed by atoms with Gasteiger partial charge in [0.1, 0.15) is 11.1 Å². The van der Waals surface area contributed by atoms with E-state index in [9.17, 15) is 9.59 Å². The lowest BCUT2D eigenvalue weighted by molar-refractivity contribution is -0.128. The summed E-state index contributed by atoms with van der Waals surface area (Å²) in [6.07, 6.45) is 0.834. The lowest BCUT2D eigenvalue weighted by Gasteiger charge is -2.36. The van der Waals surface area contributed by atoms with E-state index < -0.39 is 0 Å². The van der Waals surface area contributed by atoms with Crippen LogP contribution in [0.5, 0.6) is 5.75 Å². The van der Waals surface area contributed by atoms with Gasteiger partial charge in [-0.05, 0) is 41.8 Å². The van der Waals surface area contributed by atoms with Gasteiger partial charge in [-0.2, -0.15) is 0 Å². The Morgan fingerprint density at radius 2 is 1.61 bits per heavy atom. The van der Waals surface area contributed by atoms with E-state index in [2.05, 4.69) is 23.1 Å². The molecule has 2 aliphatic rings. The van der Waals surface area contributed by atoms with Crippen LogP contribution in [-0.2, 0) is 11.2 Å². The Hall–Kier alpha value is -3.45. The third-order valence-electron chi connectivity index (χ3n) is 6.89. The van der Waals surface area contributed by atoms with E-state index in [-0.39, 0.29) is 17.2 Å². The fraction of sp³-hybridized carbons (Fsp3) is 0.310. The molecule has 0 unspecified atom stereocenters. The highest BCUT2D eigenvalue weighted by atomic mass is 32.2. The fourth-order valence-electron chi connectivity index (χ4n) is 4.88. The number of hydrogen-bond donors (Lipinski definition) is 0. The van der Waals surface area contributed by atoms with Gasteiger partial charge in [0, 0.05) is 38.3 Å². The average Bonchev–Trinajstić information content (AvgIpc) is 3.32. The van der Waals surface area contributed by atoms with Crippen LogP contribution < -0.4 is 9.64 Å². The van der Waals surface area contributed by atoms with Gasteiger partial charge in [0.25, 0.3) is 5.91 Å². The number of hydrogen-bond acceptors (Lipinski definition) is 5. The highest BCUT2D eigenvalue weighted by molar-refractivity contribution is 8.00. The van der Waals surface area contributed by atoms with Crippen molar-refractivity contribution in [1.82, 2.24) is 9.80 Å². The summed E-state index contributed by atoms with van der Waals surface area (Å²) in [5.74, 6) is 1.58. The maximum Gasteiger partial charge on any atom is 0.253 e. The first-order chi connectivity index (χ1) is 17.6. The van der Waals surface area contributed by atoms with E-state index in [1.807, 2.05) is 70.5 Å². The number of piperazine rings is 1. The van der Waals surface area contributed by atoms with Crippen molar-refractivity contribution < 1.29 is 14.3 Å². The van der Waals surface area contributed by atoms with Crippen molar-refractivity contribution in [3.05, 3.63) is 95.6 Å². The number of anilines is 1. The van der Waals surface area contributed by atoms with Crippen LogP contribution >= 0.6 is 11.8 Å². The van der Waals surface area contributed by atoms with E-state index in [1.165, 1.54) is 5.56 Å². The lowest BCUT2D eigenvalue weighted by Crippen LogP contribution is -2.48. The van der Waals surface area contributed by atoms with Crippen molar-refractivity contribution in [3.8, 4) is 5.75 Å². The zero-order valence-electron chi connectivity index (χ0n) is 20.5. The van der Waals surface area contributed by atoms with Gasteiger partial charge in [-0.25, -0.2) is 0 Å². The van der Waals surface area contributed by atoms with Gasteiger partial charge in [0.2, 0.25) is 5.91 Å². The Bertz CT molecular complexity index is 1190. The summed E-state index contributed by atoms with van der Waals surface area (Å²) >= 11 is 1.66. The van der Waals surface area contributed by atoms with Crippen molar-refractivity contribution in [2.45, 2.75) is 11.8 Å². The van der Waals surface area contributed by atoms with Crippen LogP contribution in [0, 0.1) is 0 Å². The van der Waals surface area contributed by atoms with Gasteiger partial charge in [0.05, 0.1) is 18.6 Å². The van der Waals surface area contributed by atoms with E-state index >= 15 is 0 Å². The quantitative estimate of drug-likeness (QED) is 0.478. The van der Waals surface area contributed by atoms with E-state index in [0.29, 0.717) is 31.0 Å². The molecule has 0 spiro atoms. The number of ether oxygens (including phenoxy) is 1. The van der Waals surface area contributed by atoms with Crippen LogP contribution in [0.2, 0.25) is 0 Å². The predicted octanol–water partition coefficient (Wildman–Crippen LogP) is 4.47. The van der Waals surface area contributed by atoms with Gasteiger partial charge in [-0.15, -0.1) is 11.8 Å². The number of nitrogens with zero attached hydrogens (tertiary/aromatic N) is 3. The first-order valence-corrected chi connectivity index (χ1v) is 13.4. The largest absolute Gasteiger partial charge is 0.495 e. The molecule has 0 saturated carbocycles. The molecule has 0 bridgehead atoms. The summed E-state index contributed by atoms with van der Waals surface area (Å²) < 4.78 is 5.50. The second kappa shape index (κ2) is 11.1. The van der Waals surface area contributed by atoms with Crippen molar-refractivity contribution in [1.29, 1.82) is 0 Å². The molecule has 7 heteroatoms. The minimum atomic E-state index is -0.00485. The molecule has 3 aromatic carbocycles. The molecule has 0 N–H and O–H groups in total. The van der Waals surface area contributed by atoms with E-state index in [0.717, 1.165) is 36.5 Å². The Morgan fingerprint density at radius 3 is 2.33 bits per heavy atom. The van der Waals surface area contributed by atoms with Gasteiger partial charge in [0.15, 0.2) is 0 Å². The molecule has 1 atom stereocenters. The van der Waals surface area contributed by atoms with Gasteiger partial charge in [-0.3, -0.25) is 9.59 Å². The summed E-state index contributed by atoms with van der Waals surface area (Å²) in [4.78, 5) is 31.9. The number of para-hydroxylation sites is 2. The van der Waals surface area contributed by atoms with Gasteiger partial charge in [-0.1, -0.05) is 54.6 Å². The van der Waals surface area contributed by atoms with Crippen molar-refractivity contribution in [2.75, 3.05) is 50.5 Å². The standard InChI is InChI=1S/C29H31N3O3S/c1-35-26-10-6-5-9-25(26)30-17-19-31(20-18-30)28(34)23-11-13-24(14-12-23)29-32(27(33)21-36-29)16-15-22-7-3-2-4-8-22/h2-14,29H,15-21H2,1H3/t29-/m0/s1. The number of amides is 2. The van der Waals surface area contributed by atoms with Gasteiger partial charge < -0.3 is 19.4 Å². The molecule has 5 rings (SSSR count). The zero-order valence-corrected chi connectivity index (χ0v) is 21.3. The third-order valence-corrected chi connectivity index (χ3v) is 8.14. The molecule has 2 aliphatic heterocycles. The first kappa shape index (κ1) is 24.3. The van der Waals surface area contributed by atoms with Crippen LogP contribution in [0.15, 0.2) is 78.9 Å². The smallest absolute Gasteiger partial charge is 0.253 e. The Kier molecular flexibility index (Phi) is 7.47. The molecule has 0 aliphatic carbocycles. The lowest BCUT2D eigenvalue weighted by atomic mass is 10.1. The van der Waals surface area contributed by atoms with Crippen LogP contribution in [0.3, 0.4) is 0 Å². The van der Waals surface area contributed by atoms with Crippen LogP contribution in [0.25, 0.3) is 0 Å². The maximum absolute atomic E-state index is 13.2. The summed E-state index contributed by atoms with van der Waals surface area (Å²) in [7, 11) is 1.69. The van der Waals surface area contributed by atoms with Crippen molar-refractivity contribution in [3.63, 3.8) is 0 Å². The molecule has 186 valence electrons. The number of carbonyl (C=O) groups excluding carboxylic acids is 2. The molecular formula is C29H31N3O3S. The Labute approximate surface area is 216 Å². The number of carbonyl (C=O) groups is 2. The normalized spacial score (nSPS) is 18.0. The molecule has 2 amide bonds. The van der Waals surface area contributed by atoms with Gasteiger partial charge >= 0.3 is 0 Å². The third kappa shape index (κ3) is 5.21. The highest BCUT2D eigenvalue weighted by Crippen LogP contribution is 2.38. The van der Waals surface area contributed by atoms with Crippen molar-refractivity contribution >= 4 is 29.3 Å². The highest BCUT2D eigenvalue weighted by Gasteiger charge is 2.32. The number of methoxy groups -OCH3 is 1. The summed E-state index contributed by atoms with van der Waals surface area (Å²) in [5, 5.41) is -0.00485. The molecule has 0 radical (unpaired) electrons. The Balaban J connectivity index is 1.20. The van der Waals surface area contributed by atoms with Crippen LogP contribution in [-0.4, -0.2) is 67.2 Å². The SMILES string of the molecule is COc1ccccc1N1CCN(C(=O)c2ccc([C@@H]3SCC(=O)N3CCc3ccccc3)cc2)CC1. The maximum atomic E-state index is 13.2. The minimum absolute atomic E-state index is 0.00485. The predicted molar refractivity (Wildman–Crippen MR) is 145 cm³/mol. The molecular weight excluding hydrogens is 470 g/mol. The summed E-state index contributed by atoms with van der Waals surface area (Å²) in [5.41, 5.74) is 4.05. The van der Waals surface area contributed by atoms with E-state index in [4.69, 9.17) is 4.74 Å². The number of rotatable bonds is 7. The fourth-order valence-corrected chi connectivity index (χ4v) is 6.10. The Morgan fingerprint density at radius 1 is 0.917 bits per heavy atom. The first-order valence-electron chi connectivity index (χ1n) is 12.4. The van der Waals surface area contributed by atoms with Crippen LogP contribution in [0.4, 0.5) is 5.69 Å².